The van der Waals surface area contributed by atoms with Crippen LogP contribution in [0.4, 0.5) is 29.2 Å². The van der Waals surface area contributed by atoms with Gasteiger partial charge >= 0.3 is 18.2 Å². The third-order valence-corrected chi connectivity index (χ3v) is 12.0. The zero-order chi connectivity index (χ0) is 42.1. The monoisotopic (exact) mass is 834 g/mol. The molecule has 4 atom stereocenters. The van der Waals surface area contributed by atoms with Gasteiger partial charge in [-0.1, -0.05) is 0 Å². The summed E-state index contributed by atoms with van der Waals surface area (Å²) in [5, 5.41) is 13.5. The van der Waals surface area contributed by atoms with Gasteiger partial charge < -0.3 is 38.4 Å². The molecule has 59 heavy (non-hydrogen) atoms. The van der Waals surface area contributed by atoms with Crippen LogP contribution in [-0.4, -0.2) is 112 Å². The van der Waals surface area contributed by atoms with Crippen LogP contribution in [0.2, 0.25) is 0 Å². The van der Waals surface area contributed by atoms with Crippen molar-refractivity contribution in [2.45, 2.75) is 110 Å². The van der Waals surface area contributed by atoms with Crippen molar-refractivity contribution in [1.82, 2.24) is 24.8 Å². The first-order valence-electron chi connectivity index (χ1n) is 19.8. The number of rotatable bonds is 6. The number of hydrogen-bond donors (Lipinski definition) is 1. The van der Waals surface area contributed by atoms with Gasteiger partial charge in [-0.15, -0.1) is 11.3 Å². The lowest BCUT2D eigenvalue weighted by Crippen LogP contribution is -2.56. The number of likely N-dealkylation sites (tertiary alicyclic amines) is 1. The van der Waals surface area contributed by atoms with Crippen molar-refractivity contribution < 1.29 is 42.1 Å². The number of anilines is 2. The number of piperazine rings is 1. The summed E-state index contributed by atoms with van der Waals surface area (Å²) < 4.78 is 63.1. The summed E-state index contributed by atoms with van der Waals surface area (Å²) in [7, 11) is 2.00. The summed E-state index contributed by atoms with van der Waals surface area (Å²) >= 11 is 0.830. The number of nitrogens with one attached hydrogen (secondary N) is 1. The molecule has 2 amide bonds. The topological polar surface area (TPSA) is 164 Å². The molecular weight excluding hydrogens is 787 g/mol. The van der Waals surface area contributed by atoms with Gasteiger partial charge in [-0.3, -0.25) is 10.3 Å². The van der Waals surface area contributed by atoms with E-state index in [1.165, 1.54) is 0 Å². The number of hydrogen-bond acceptors (Lipinski definition) is 14. The second-order valence-electron chi connectivity index (χ2n) is 17.6. The number of thiophene rings is 1. The molecule has 0 aliphatic carbocycles. The van der Waals surface area contributed by atoms with Crippen molar-refractivity contribution in [3.63, 3.8) is 0 Å². The maximum Gasteiger partial charge on any atom is 0.412 e. The maximum atomic E-state index is 17.9. The van der Waals surface area contributed by atoms with Gasteiger partial charge in [0.15, 0.2) is 11.6 Å². The Morgan fingerprint density at radius 1 is 1.02 bits per heavy atom. The molecule has 0 saturated carbocycles. The first kappa shape index (κ1) is 40.8. The molecule has 7 heterocycles. The third-order valence-electron chi connectivity index (χ3n) is 10.9. The third kappa shape index (κ3) is 7.81. The van der Waals surface area contributed by atoms with Crippen molar-refractivity contribution in [2.24, 2.45) is 0 Å². The van der Waals surface area contributed by atoms with Crippen LogP contribution in [0.3, 0.4) is 0 Å². The summed E-state index contributed by atoms with van der Waals surface area (Å²) in [5.41, 5.74) is -0.596. The van der Waals surface area contributed by atoms with E-state index in [2.05, 4.69) is 26.2 Å². The lowest BCUT2D eigenvalue weighted by Gasteiger charge is -2.42. The molecule has 4 aliphatic rings. The molecule has 18 heteroatoms. The number of pyridine rings is 1. The molecule has 1 aromatic carbocycles. The number of nitrogens with zero attached hydrogens (tertiary/aromatic N) is 7. The van der Waals surface area contributed by atoms with Gasteiger partial charge in [-0.05, 0) is 79.5 Å². The van der Waals surface area contributed by atoms with Crippen molar-refractivity contribution in [1.29, 1.82) is 5.26 Å². The number of carbonyl (C=O) groups excluding carboxylic acids is 2. The lowest BCUT2D eigenvalue weighted by molar-refractivity contribution is -0.0708. The zero-order valence-electron chi connectivity index (χ0n) is 34.4. The molecule has 2 unspecified atom stereocenters. The standard InChI is InChI=1S/C41H48F2N8O7S/c1-20(27-17-49(8)11-12-55-27)56-37-46-33-30(35(47-37)51-21-9-10-22(51)16-50(15-21)39(53)58-41(5,6)7)25-19-54-18-24(25)28(31(33)43)32-29-23(13-44)36(48-38(52)57-40(2,3)4)59-34(29)26(42)14-45-32/h14,20-22,27H,9-12,15-19H2,1-8H3,(H,48,52)/t20-,21?,22?,27+/m0/s1. The number of morpholine rings is 1. The Morgan fingerprint density at radius 3 is 2.37 bits per heavy atom. The number of fused-ring (bicyclic) bond motifs is 6. The van der Waals surface area contributed by atoms with Crippen LogP contribution in [0.1, 0.15) is 78.0 Å². The summed E-state index contributed by atoms with van der Waals surface area (Å²) in [4.78, 5) is 46.3. The Hall–Kier alpha value is -4.96. The van der Waals surface area contributed by atoms with Crippen LogP contribution in [-0.2, 0) is 32.2 Å². The largest absolute Gasteiger partial charge is 0.458 e. The SMILES string of the molecule is C[C@H](Oc1nc(N2C3CCC2CN(C(=O)OC(C)(C)C)C3)c2c3c(c(-c4ncc(F)c5sc(NC(=O)OC(C)(C)C)c(C#N)c45)c(F)c2n1)COC3)[C@H]1CN(C)CCO1. The minimum absolute atomic E-state index is 0.00266. The summed E-state index contributed by atoms with van der Waals surface area (Å²) in [6, 6.07) is 1.68. The van der Waals surface area contributed by atoms with Crippen LogP contribution in [0.25, 0.3) is 32.2 Å². The average molecular weight is 835 g/mol. The highest BCUT2D eigenvalue weighted by Crippen LogP contribution is 2.48. The molecule has 3 fully saturated rings. The van der Waals surface area contributed by atoms with Gasteiger partial charge in [0.2, 0.25) is 0 Å². The number of benzene rings is 1. The molecule has 2 bridgehead atoms. The van der Waals surface area contributed by atoms with E-state index < -0.39 is 41.1 Å². The molecular formula is C41H48F2N8O7S. The van der Waals surface area contributed by atoms with Gasteiger partial charge in [0.1, 0.15) is 45.8 Å². The first-order valence-corrected chi connectivity index (χ1v) is 20.6. The summed E-state index contributed by atoms with van der Waals surface area (Å²) in [5.74, 6) is -1.07. The second kappa shape index (κ2) is 15.3. The number of likely N-dealkylation sites (N-methyl/N-ethyl adjacent to an activating group) is 1. The minimum atomic E-state index is -0.841. The predicted molar refractivity (Wildman–Crippen MR) is 216 cm³/mol. The summed E-state index contributed by atoms with van der Waals surface area (Å²) in [6.45, 7) is 15.2. The number of ether oxygens (including phenoxy) is 5. The first-order chi connectivity index (χ1) is 27.9. The fraction of sp³-hybridized carbons (Fsp3) is 0.561. The van der Waals surface area contributed by atoms with Gasteiger partial charge in [0.25, 0.3) is 0 Å². The number of halogens is 2. The molecule has 314 valence electrons. The summed E-state index contributed by atoms with van der Waals surface area (Å²) in [6.07, 6.45) is 0.451. The highest BCUT2D eigenvalue weighted by Gasteiger charge is 2.45. The Morgan fingerprint density at radius 2 is 1.71 bits per heavy atom. The van der Waals surface area contributed by atoms with E-state index in [0.29, 0.717) is 48.6 Å². The molecule has 3 saturated heterocycles. The Kier molecular flexibility index (Phi) is 10.5. The smallest absolute Gasteiger partial charge is 0.412 e. The quantitative estimate of drug-likeness (QED) is 0.209. The van der Waals surface area contributed by atoms with E-state index in [4.69, 9.17) is 33.7 Å². The number of amides is 2. The second-order valence-corrected chi connectivity index (χ2v) is 18.6. The molecule has 4 aliphatic heterocycles. The van der Waals surface area contributed by atoms with E-state index >= 15 is 8.78 Å². The molecule has 8 rings (SSSR count). The van der Waals surface area contributed by atoms with E-state index in [1.54, 1.807) is 25.7 Å². The fourth-order valence-electron chi connectivity index (χ4n) is 8.39. The van der Waals surface area contributed by atoms with E-state index in [1.807, 2.05) is 34.7 Å². The Labute approximate surface area is 344 Å². The van der Waals surface area contributed by atoms with Crippen molar-refractivity contribution in [2.75, 3.05) is 50.1 Å². The van der Waals surface area contributed by atoms with Crippen molar-refractivity contribution in [3.05, 3.63) is 34.5 Å². The van der Waals surface area contributed by atoms with Gasteiger partial charge in [0.05, 0.1) is 47.4 Å². The fourth-order valence-corrected chi connectivity index (χ4v) is 9.43. The number of carbonyl (C=O) groups is 2. The van der Waals surface area contributed by atoms with Crippen LogP contribution < -0.4 is 15.0 Å². The lowest BCUT2D eigenvalue weighted by atomic mass is 9.93. The molecule has 3 aromatic heterocycles. The van der Waals surface area contributed by atoms with E-state index in [-0.39, 0.29) is 74.8 Å². The van der Waals surface area contributed by atoms with Crippen LogP contribution in [0.5, 0.6) is 6.01 Å². The maximum absolute atomic E-state index is 17.9. The van der Waals surface area contributed by atoms with Crippen LogP contribution in [0.15, 0.2) is 6.20 Å². The zero-order valence-corrected chi connectivity index (χ0v) is 35.2. The Balaban J connectivity index is 1.29. The van der Waals surface area contributed by atoms with Crippen LogP contribution >= 0.6 is 11.3 Å². The van der Waals surface area contributed by atoms with Gasteiger partial charge in [-0.25, -0.2) is 18.4 Å². The Bertz CT molecular complexity index is 2380. The highest BCUT2D eigenvalue weighted by molar-refractivity contribution is 7.23. The van der Waals surface area contributed by atoms with Crippen LogP contribution in [0, 0.1) is 23.0 Å². The number of nitriles is 1. The van der Waals surface area contributed by atoms with E-state index in [0.717, 1.165) is 36.9 Å². The van der Waals surface area contributed by atoms with Crippen molar-refractivity contribution >= 4 is 55.3 Å². The minimum Gasteiger partial charge on any atom is -0.458 e. The molecule has 0 radical (unpaired) electrons. The van der Waals surface area contributed by atoms with E-state index in [9.17, 15) is 14.9 Å². The molecule has 1 N–H and O–H groups in total. The average Bonchev–Trinajstić information content (AvgIpc) is 3.84. The highest BCUT2D eigenvalue weighted by atomic mass is 32.1. The normalized spacial score (nSPS) is 21.4. The predicted octanol–water partition coefficient (Wildman–Crippen LogP) is 7.12. The molecule has 0 spiro atoms. The van der Waals surface area contributed by atoms with Crippen molar-refractivity contribution in [3.8, 4) is 23.3 Å². The number of aromatic nitrogens is 3. The van der Waals surface area contributed by atoms with Gasteiger partial charge in [0, 0.05) is 49.2 Å². The molecule has 15 nitrogen and oxygen atoms in total. The van der Waals surface area contributed by atoms with Gasteiger partial charge in [-0.2, -0.15) is 15.2 Å². The molecule has 4 aromatic rings.